The van der Waals surface area contributed by atoms with Crippen LogP contribution in [0.15, 0.2) is 29.2 Å². The van der Waals surface area contributed by atoms with Gasteiger partial charge in [-0.05, 0) is 24.3 Å². The zero-order valence-corrected chi connectivity index (χ0v) is 16.7. The minimum absolute atomic E-state index is 0. The number of methoxy groups -OCH3 is 1. The first-order chi connectivity index (χ1) is 12.4. The van der Waals surface area contributed by atoms with Crippen molar-refractivity contribution in [1.82, 2.24) is 15.5 Å². The molecule has 1 unspecified atom stereocenters. The van der Waals surface area contributed by atoms with Crippen LogP contribution in [0, 0.1) is 0 Å². The third-order valence-electron chi connectivity index (χ3n) is 4.12. The molecule has 1 aliphatic rings. The molecule has 27 heavy (non-hydrogen) atoms. The highest BCUT2D eigenvalue weighted by Gasteiger charge is 2.43. The first-order valence-electron chi connectivity index (χ1n) is 8.45. The zero-order chi connectivity index (χ0) is 19.0. The lowest BCUT2D eigenvalue weighted by Gasteiger charge is -2.35. The smallest absolute Gasteiger partial charge is 0.405 e. The van der Waals surface area contributed by atoms with E-state index in [9.17, 15) is 18.0 Å². The number of benzene rings is 1. The summed E-state index contributed by atoms with van der Waals surface area (Å²) in [5, 5.41) is 5.47. The molecule has 154 valence electrons. The normalized spacial score (nSPS) is 16.3. The first-order valence-corrected chi connectivity index (χ1v) is 9.43. The molecule has 5 nitrogen and oxygen atoms in total. The fourth-order valence-corrected chi connectivity index (χ4v) is 3.53. The molecule has 1 atom stereocenters. The summed E-state index contributed by atoms with van der Waals surface area (Å²) in [5.74, 6) is 0.885. The van der Waals surface area contributed by atoms with E-state index in [2.05, 4.69) is 10.6 Å². The monoisotopic (exact) mass is 427 g/mol. The number of rotatable bonds is 8. The minimum atomic E-state index is -4.36. The van der Waals surface area contributed by atoms with Gasteiger partial charge in [-0.3, -0.25) is 9.69 Å². The molecule has 0 aliphatic carbocycles. The molecule has 1 saturated heterocycles. The van der Waals surface area contributed by atoms with Crippen LogP contribution in [0.25, 0.3) is 0 Å². The third-order valence-corrected chi connectivity index (χ3v) is 5.13. The Kier molecular flexibility index (Phi) is 10.3. The number of carbonyl (C=O) groups is 1. The average Bonchev–Trinajstić information content (AvgIpc) is 2.62. The van der Waals surface area contributed by atoms with Crippen molar-refractivity contribution in [2.75, 3.05) is 45.6 Å². The zero-order valence-electron chi connectivity index (χ0n) is 15.1. The van der Waals surface area contributed by atoms with Crippen LogP contribution >= 0.6 is 24.2 Å². The number of nitrogens with one attached hydrogen (secondary N) is 2. The minimum Gasteiger partial charge on any atom is -0.497 e. The summed E-state index contributed by atoms with van der Waals surface area (Å²) >= 11 is 1.48. The Hall–Kier alpha value is -1.16. The number of ether oxygens (including phenoxy) is 1. The van der Waals surface area contributed by atoms with E-state index in [1.54, 1.807) is 7.11 Å². The maximum absolute atomic E-state index is 13.3. The molecule has 1 aromatic carbocycles. The molecular formula is C17H25ClF3N3O2S. The highest BCUT2D eigenvalue weighted by molar-refractivity contribution is 7.99. The van der Waals surface area contributed by atoms with Gasteiger partial charge >= 0.3 is 6.18 Å². The quantitative estimate of drug-likeness (QED) is 0.624. The molecular weight excluding hydrogens is 403 g/mol. The number of piperazine rings is 1. The van der Waals surface area contributed by atoms with Crippen LogP contribution in [0.3, 0.4) is 0 Å². The topological polar surface area (TPSA) is 53.6 Å². The van der Waals surface area contributed by atoms with Crippen molar-refractivity contribution in [1.29, 1.82) is 0 Å². The number of hydrogen-bond acceptors (Lipinski definition) is 5. The molecule has 0 aromatic heterocycles. The Morgan fingerprint density at radius 3 is 2.48 bits per heavy atom. The number of hydrogen-bond donors (Lipinski definition) is 2. The van der Waals surface area contributed by atoms with E-state index in [-0.39, 0.29) is 24.7 Å². The van der Waals surface area contributed by atoms with Gasteiger partial charge in [0.2, 0.25) is 5.91 Å². The number of carbonyl (C=O) groups excluding carboxylic acids is 1. The second kappa shape index (κ2) is 11.6. The van der Waals surface area contributed by atoms with E-state index >= 15 is 0 Å². The third kappa shape index (κ3) is 8.16. The average molecular weight is 428 g/mol. The summed E-state index contributed by atoms with van der Waals surface area (Å²) in [6.07, 6.45) is -4.19. The van der Waals surface area contributed by atoms with Crippen molar-refractivity contribution in [2.24, 2.45) is 0 Å². The van der Waals surface area contributed by atoms with E-state index in [0.717, 1.165) is 10.6 Å². The number of halogens is 4. The van der Waals surface area contributed by atoms with Gasteiger partial charge in [-0.2, -0.15) is 13.2 Å². The molecule has 1 fully saturated rings. The molecule has 2 N–H and O–H groups in total. The largest absolute Gasteiger partial charge is 0.497 e. The Labute approximate surface area is 167 Å². The predicted octanol–water partition coefficient (Wildman–Crippen LogP) is 2.55. The first kappa shape index (κ1) is 23.9. The van der Waals surface area contributed by atoms with Gasteiger partial charge in [0.15, 0.2) is 0 Å². The van der Waals surface area contributed by atoms with E-state index in [1.165, 1.54) is 16.7 Å². The number of thioether (sulfide) groups is 1. The predicted molar refractivity (Wildman–Crippen MR) is 103 cm³/mol. The van der Waals surface area contributed by atoms with Crippen LogP contribution in [0.4, 0.5) is 13.2 Å². The second-order valence-corrected chi connectivity index (χ2v) is 7.09. The highest BCUT2D eigenvalue weighted by Crippen LogP contribution is 2.25. The van der Waals surface area contributed by atoms with Crippen molar-refractivity contribution in [2.45, 2.75) is 23.5 Å². The molecule has 0 spiro atoms. The van der Waals surface area contributed by atoms with Crippen LogP contribution in [-0.2, 0) is 4.79 Å². The fourth-order valence-electron chi connectivity index (χ4n) is 2.68. The Morgan fingerprint density at radius 2 is 1.93 bits per heavy atom. The van der Waals surface area contributed by atoms with Crippen LogP contribution in [0.5, 0.6) is 5.75 Å². The lowest BCUT2D eigenvalue weighted by Crippen LogP contribution is -2.57. The van der Waals surface area contributed by atoms with Crippen LogP contribution in [0.2, 0.25) is 0 Å². The molecule has 10 heteroatoms. The van der Waals surface area contributed by atoms with E-state index < -0.39 is 18.8 Å². The molecule has 1 aliphatic heterocycles. The molecule has 2 rings (SSSR count). The number of alkyl halides is 3. The maximum Gasteiger partial charge on any atom is 0.405 e. The Bertz CT molecular complexity index is 570. The van der Waals surface area contributed by atoms with Gasteiger partial charge in [-0.25, -0.2) is 0 Å². The number of nitrogens with zero attached hydrogens (tertiary/aromatic N) is 1. The van der Waals surface area contributed by atoms with Crippen molar-refractivity contribution in [3.8, 4) is 5.75 Å². The van der Waals surface area contributed by atoms with E-state index in [1.807, 2.05) is 24.3 Å². The van der Waals surface area contributed by atoms with Crippen LogP contribution in [0.1, 0.15) is 6.42 Å². The molecule has 1 heterocycles. The van der Waals surface area contributed by atoms with Gasteiger partial charge in [0.25, 0.3) is 0 Å². The van der Waals surface area contributed by atoms with Gasteiger partial charge in [0.05, 0.1) is 7.11 Å². The SMILES string of the molecule is COc1ccc(SCCC(=O)NCC(N2CCNCC2)C(F)(F)F)cc1.Cl. The van der Waals surface area contributed by atoms with Gasteiger partial charge in [-0.1, -0.05) is 0 Å². The van der Waals surface area contributed by atoms with Crippen LogP contribution in [-0.4, -0.2) is 68.6 Å². The number of amides is 1. The molecule has 0 bridgehead atoms. The molecule has 1 aromatic rings. The summed E-state index contributed by atoms with van der Waals surface area (Å²) in [6, 6.07) is 5.77. The van der Waals surface area contributed by atoms with Crippen LogP contribution < -0.4 is 15.4 Å². The van der Waals surface area contributed by atoms with E-state index in [0.29, 0.717) is 31.9 Å². The standard InChI is InChI=1S/C17H24F3N3O2S.ClH/c1-25-13-2-4-14(5-3-13)26-11-6-16(24)22-12-15(17(18,19)20)23-9-7-21-8-10-23;/h2-5,15,21H,6-12H2,1H3,(H,22,24);1H. The Morgan fingerprint density at radius 1 is 1.30 bits per heavy atom. The molecule has 1 amide bonds. The molecule has 0 saturated carbocycles. The Balaban J connectivity index is 0.00000364. The lowest BCUT2D eigenvalue weighted by molar-refractivity contribution is -0.184. The van der Waals surface area contributed by atoms with Gasteiger partial charge in [-0.15, -0.1) is 24.2 Å². The van der Waals surface area contributed by atoms with Crippen molar-refractivity contribution >= 4 is 30.1 Å². The second-order valence-electron chi connectivity index (χ2n) is 5.92. The van der Waals surface area contributed by atoms with E-state index in [4.69, 9.17) is 4.74 Å². The summed E-state index contributed by atoms with van der Waals surface area (Å²) in [5.41, 5.74) is 0. The summed E-state index contributed by atoms with van der Waals surface area (Å²) in [7, 11) is 1.58. The maximum atomic E-state index is 13.3. The van der Waals surface area contributed by atoms with Gasteiger partial charge in [0.1, 0.15) is 11.8 Å². The fraction of sp³-hybridized carbons (Fsp3) is 0.588. The van der Waals surface area contributed by atoms with Gasteiger partial charge in [0, 0.05) is 49.8 Å². The van der Waals surface area contributed by atoms with Crippen molar-refractivity contribution < 1.29 is 22.7 Å². The lowest BCUT2D eigenvalue weighted by atomic mass is 10.2. The van der Waals surface area contributed by atoms with Gasteiger partial charge < -0.3 is 15.4 Å². The van der Waals surface area contributed by atoms with Crippen molar-refractivity contribution in [3.63, 3.8) is 0 Å². The summed E-state index contributed by atoms with van der Waals surface area (Å²) < 4.78 is 44.9. The molecule has 0 radical (unpaired) electrons. The summed E-state index contributed by atoms with van der Waals surface area (Å²) in [6.45, 7) is 1.30. The summed E-state index contributed by atoms with van der Waals surface area (Å²) in [4.78, 5) is 14.3. The highest BCUT2D eigenvalue weighted by atomic mass is 35.5. The van der Waals surface area contributed by atoms with Crippen molar-refractivity contribution in [3.05, 3.63) is 24.3 Å².